The Morgan fingerprint density at radius 2 is 2.21 bits per heavy atom. The molecule has 1 fully saturated rings. The van der Waals surface area contributed by atoms with E-state index < -0.39 is 0 Å². The maximum atomic E-state index is 11.5. The molecule has 1 heterocycles. The normalized spacial score (nSPS) is 20.5. The summed E-state index contributed by atoms with van der Waals surface area (Å²) in [6.07, 6.45) is 2.20. The van der Waals surface area contributed by atoms with Crippen molar-refractivity contribution >= 4 is 5.97 Å². The number of allylic oxidation sites excluding steroid dienone is 1. The number of carbonyl (C=O) groups is 1. The van der Waals surface area contributed by atoms with E-state index in [4.69, 9.17) is 10.5 Å². The Bertz CT molecular complexity index is 452. The molecule has 1 saturated heterocycles. The Morgan fingerprint density at radius 1 is 1.47 bits per heavy atom. The first kappa shape index (κ1) is 13.6. The van der Waals surface area contributed by atoms with E-state index in [9.17, 15) is 4.79 Å². The fraction of sp³-hybridized carbons (Fsp3) is 0.400. The standard InChI is InChI=1S/C15H20N2O2/c1-12(16)9-15(18)19-14-7-8-17(11-14)10-13-5-3-2-4-6-13/h2-6,9,14H,7-8,10-11,16H2,1H3/b12-9-. The summed E-state index contributed by atoms with van der Waals surface area (Å²) in [4.78, 5) is 13.8. The van der Waals surface area contributed by atoms with Gasteiger partial charge in [-0.25, -0.2) is 4.79 Å². The number of nitrogens with zero attached hydrogens (tertiary/aromatic N) is 1. The lowest BCUT2D eigenvalue weighted by Gasteiger charge is -2.15. The number of hydrogen-bond acceptors (Lipinski definition) is 4. The van der Waals surface area contributed by atoms with Crippen LogP contribution in [0.1, 0.15) is 18.9 Å². The summed E-state index contributed by atoms with van der Waals surface area (Å²) in [6.45, 7) is 4.33. The van der Waals surface area contributed by atoms with Crippen LogP contribution in [-0.4, -0.2) is 30.1 Å². The molecule has 1 aromatic rings. The van der Waals surface area contributed by atoms with E-state index in [1.165, 1.54) is 11.6 Å². The quantitative estimate of drug-likeness (QED) is 0.661. The third kappa shape index (κ3) is 4.41. The van der Waals surface area contributed by atoms with Gasteiger partial charge in [0.05, 0.1) is 0 Å². The number of carbonyl (C=O) groups excluding carboxylic acids is 1. The molecule has 4 heteroatoms. The summed E-state index contributed by atoms with van der Waals surface area (Å²) in [6, 6.07) is 10.3. The maximum absolute atomic E-state index is 11.5. The van der Waals surface area contributed by atoms with Gasteiger partial charge in [0.1, 0.15) is 6.10 Å². The molecule has 0 aromatic heterocycles. The van der Waals surface area contributed by atoms with Crippen LogP contribution in [0.2, 0.25) is 0 Å². The molecular weight excluding hydrogens is 240 g/mol. The van der Waals surface area contributed by atoms with Gasteiger partial charge in [0.15, 0.2) is 0 Å². The summed E-state index contributed by atoms with van der Waals surface area (Å²) in [7, 11) is 0. The van der Waals surface area contributed by atoms with Crippen molar-refractivity contribution in [3.05, 3.63) is 47.7 Å². The molecule has 0 amide bonds. The van der Waals surface area contributed by atoms with E-state index in [0.717, 1.165) is 26.1 Å². The maximum Gasteiger partial charge on any atom is 0.332 e. The third-order valence-corrected chi connectivity index (χ3v) is 3.11. The van der Waals surface area contributed by atoms with Crippen LogP contribution < -0.4 is 5.73 Å². The topological polar surface area (TPSA) is 55.6 Å². The number of nitrogens with two attached hydrogens (primary N) is 1. The second-order valence-electron chi connectivity index (χ2n) is 4.96. The largest absolute Gasteiger partial charge is 0.458 e. The number of hydrogen-bond donors (Lipinski definition) is 1. The molecule has 102 valence electrons. The van der Waals surface area contributed by atoms with Crippen LogP contribution >= 0.6 is 0 Å². The Morgan fingerprint density at radius 3 is 2.89 bits per heavy atom. The predicted molar refractivity (Wildman–Crippen MR) is 74.2 cm³/mol. The monoisotopic (exact) mass is 260 g/mol. The predicted octanol–water partition coefficient (Wildman–Crippen LogP) is 1.67. The zero-order valence-electron chi connectivity index (χ0n) is 11.2. The lowest BCUT2D eigenvalue weighted by molar-refractivity contribution is -0.142. The highest BCUT2D eigenvalue weighted by Crippen LogP contribution is 2.16. The molecule has 1 aliphatic rings. The van der Waals surface area contributed by atoms with Gasteiger partial charge in [-0.05, 0) is 18.9 Å². The first-order valence-corrected chi connectivity index (χ1v) is 6.54. The number of rotatable bonds is 4. The van der Waals surface area contributed by atoms with Gasteiger partial charge in [-0.3, -0.25) is 4.90 Å². The number of likely N-dealkylation sites (tertiary alicyclic amines) is 1. The smallest absolute Gasteiger partial charge is 0.332 e. The molecule has 1 unspecified atom stereocenters. The Hall–Kier alpha value is -1.81. The van der Waals surface area contributed by atoms with Crippen LogP contribution in [0.5, 0.6) is 0 Å². The molecule has 0 radical (unpaired) electrons. The molecule has 19 heavy (non-hydrogen) atoms. The minimum Gasteiger partial charge on any atom is -0.458 e. The number of ether oxygens (including phenoxy) is 1. The minimum absolute atomic E-state index is 0.0215. The zero-order chi connectivity index (χ0) is 13.7. The van der Waals surface area contributed by atoms with Crippen molar-refractivity contribution < 1.29 is 9.53 Å². The van der Waals surface area contributed by atoms with Crippen molar-refractivity contribution in [3.63, 3.8) is 0 Å². The molecule has 1 aliphatic heterocycles. The highest BCUT2D eigenvalue weighted by atomic mass is 16.5. The molecule has 0 spiro atoms. The van der Waals surface area contributed by atoms with Gasteiger partial charge in [-0.15, -0.1) is 0 Å². The molecule has 1 atom stereocenters. The van der Waals surface area contributed by atoms with Crippen molar-refractivity contribution in [2.24, 2.45) is 5.73 Å². The number of benzene rings is 1. The van der Waals surface area contributed by atoms with E-state index in [0.29, 0.717) is 5.70 Å². The molecule has 4 nitrogen and oxygen atoms in total. The van der Waals surface area contributed by atoms with Gasteiger partial charge in [-0.1, -0.05) is 30.3 Å². The lowest BCUT2D eigenvalue weighted by atomic mass is 10.2. The SMILES string of the molecule is C/C(N)=C/C(=O)OC1CCN(Cc2ccccc2)C1. The van der Waals surface area contributed by atoms with Crippen molar-refractivity contribution in [2.45, 2.75) is 26.0 Å². The van der Waals surface area contributed by atoms with E-state index in [1.807, 2.05) is 18.2 Å². The van der Waals surface area contributed by atoms with E-state index in [1.54, 1.807) is 6.92 Å². The molecule has 0 bridgehead atoms. The third-order valence-electron chi connectivity index (χ3n) is 3.11. The van der Waals surface area contributed by atoms with Gasteiger partial charge in [0.25, 0.3) is 0 Å². The van der Waals surface area contributed by atoms with E-state index in [-0.39, 0.29) is 12.1 Å². The average molecular weight is 260 g/mol. The molecule has 0 saturated carbocycles. The van der Waals surface area contributed by atoms with Crippen LogP contribution in [0.25, 0.3) is 0 Å². The summed E-state index contributed by atoms with van der Waals surface area (Å²) in [5.74, 6) is -0.341. The van der Waals surface area contributed by atoms with Crippen molar-refractivity contribution in [1.82, 2.24) is 4.90 Å². The highest BCUT2D eigenvalue weighted by molar-refractivity contribution is 5.82. The van der Waals surface area contributed by atoms with Gasteiger partial charge < -0.3 is 10.5 Å². The second-order valence-corrected chi connectivity index (χ2v) is 4.96. The lowest BCUT2D eigenvalue weighted by Crippen LogP contribution is -2.24. The molecule has 2 rings (SSSR count). The second kappa shape index (κ2) is 6.38. The van der Waals surface area contributed by atoms with Crippen LogP contribution in [0, 0.1) is 0 Å². The first-order valence-electron chi connectivity index (χ1n) is 6.54. The first-order chi connectivity index (χ1) is 9.13. The summed E-state index contributed by atoms with van der Waals surface area (Å²) >= 11 is 0. The van der Waals surface area contributed by atoms with Crippen LogP contribution in [-0.2, 0) is 16.1 Å². The van der Waals surface area contributed by atoms with Gasteiger partial charge in [0.2, 0.25) is 0 Å². The van der Waals surface area contributed by atoms with Gasteiger partial charge in [0, 0.05) is 31.4 Å². The highest BCUT2D eigenvalue weighted by Gasteiger charge is 2.24. The molecule has 1 aromatic carbocycles. The van der Waals surface area contributed by atoms with Crippen molar-refractivity contribution in [2.75, 3.05) is 13.1 Å². The summed E-state index contributed by atoms with van der Waals surface area (Å²) in [5, 5.41) is 0. The average Bonchev–Trinajstić information content (AvgIpc) is 2.76. The molecular formula is C15H20N2O2. The number of esters is 1. The fourth-order valence-corrected chi connectivity index (χ4v) is 2.26. The summed E-state index contributed by atoms with van der Waals surface area (Å²) < 4.78 is 5.35. The summed E-state index contributed by atoms with van der Waals surface area (Å²) in [5.41, 5.74) is 7.21. The Kier molecular flexibility index (Phi) is 4.58. The fourth-order valence-electron chi connectivity index (χ4n) is 2.26. The molecule has 0 aliphatic carbocycles. The Labute approximate surface area is 113 Å². The van der Waals surface area contributed by atoms with Crippen LogP contribution in [0.15, 0.2) is 42.1 Å². The van der Waals surface area contributed by atoms with Gasteiger partial charge >= 0.3 is 5.97 Å². The van der Waals surface area contributed by atoms with E-state index >= 15 is 0 Å². The van der Waals surface area contributed by atoms with Crippen LogP contribution in [0.4, 0.5) is 0 Å². The zero-order valence-corrected chi connectivity index (χ0v) is 11.2. The Balaban J connectivity index is 1.80. The van der Waals surface area contributed by atoms with E-state index in [2.05, 4.69) is 17.0 Å². The minimum atomic E-state index is -0.341. The van der Waals surface area contributed by atoms with Crippen LogP contribution in [0.3, 0.4) is 0 Å². The van der Waals surface area contributed by atoms with Gasteiger partial charge in [-0.2, -0.15) is 0 Å². The molecule has 2 N–H and O–H groups in total. The van der Waals surface area contributed by atoms with Crippen molar-refractivity contribution in [1.29, 1.82) is 0 Å². The van der Waals surface area contributed by atoms with Crippen molar-refractivity contribution in [3.8, 4) is 0 Å².